The molecule has 0 saturated heterocycles. The summed E-state index contributed by atoms with van der Waals surface area (Å²) in [7, 11) is 0. The molecule has 1 nitrogen and oxygen atoms in total. The van der Waals surface area contributed by atoms with Crippen molar-refractivity contribution >= 4 is 60.2 Å². The smallest absolute Gasteiger partial charge is 0.0714 e. The zero-order valence-corrected chi connectivity index (χ0v) is 36.3. The van der Waals surface area contributed by atoms with Gasteiger partial charge in [-0.1, -0.05) is 231 Å². The van der Waals surface area contributed by atoms with Gasteiger partial charge in [-0.15, -0.1) is 0 Å². The van der Waals surface area contributed by atoms with Crippen LogP contribution in [0.5, 0.6) is 0 Å². The van der Waals surface area contributed by atoms with Crippen LogP contribution in [-0.2, 0) is 5.41 Å². The highest BCUT2D eigenvalue weighted by Gasteiger charge is 2.46. The van der Waals surface area contributed by atoms with E-state index in [1.54, 1.807) is 0 Å². The van der Waals surface area contributed by atoms with Crippen molar-refractivity contribution in [1.29, 1.82) is 0 Å². The summed E-state index contributed by atoms with van der Waals surface area (Å²) < 4.78 is 0. The third-order valence-corrected chi connectivity index (χ3v) is 14.1. The van der Waals surface area contributed by atoms with E-state index in [1.165, 1.54) is 98.7 Å². The zero-order chi connectivity index (χ0) is 43.6. The van der Waals surface area contributed by atoms with Crippen LogP contribution in [0.3, 0.4) is 0 Å². The Hall–Kier alpha value is -8.52. The Labute approximate surface area is 385 Å². The van der Waals surface area contributed by atoms with Crippen molar-refractivity contribution < 1.29 is 0 Å². The first kappa shape index (κ1) is 38.0. The van der Waals surface area contributed by atoms with E-state index in [1.807, 2.05) is 0 Å². The molecular weight excluding hydrogens is 795 g/mol. The van der Waals surface area contributed by atoms with Crippen LogP contribution in [0.2, 0.25) is 0 Å². The van der Waals surface area contributed by atoms with Crippen molar-refractivity contribution in [3.8, 4) is 33.4 Å². The molecule has 0 amide bonds. The van der Waals surface area contributed by atoms with E-state index in [-0.39, 0.29) is 0 Å². The summed E-state index contributed by atoms with van der Waals surface area (Å²) in [5.74, 6) is 0. The summed E-state index contributed by atoms with van der Waals surface area (Å²) in [6.45, 7) is 0. The van der Waals surface area contributed by atoms with Crippen molar-refractivity contribution in [3.05, 3.63) is 283 Å². The van der Waals surface area contributed by atoms with Crippen molar-refractivity contribution in [1.82, 2.24) is 0 Å². The highest BCUT2D eigenvalue weighted by molar-refractivity contribution is 6.22. The molecule has 0 saturated carbocycles. The Morgan fingerprint density at radius 3 is 1.33 bits per heavy atom. The number of hydrogen-bond acceptors (Lipinski definition) is 1. The normalized spacial score (nSPS) is 12.7. The molecule has 0 radical (unpaired) electrons. The lowest BCUT2D eigenvalue weighted by molar-refractivity contribution is 0.768. The van der Waals surface area contributed by atoms with Crippen LogP contribution in [-0.4, -0.2) is 0 Å². The predicted octanol–water partition coefficient (Wildman–Crippen LogP) is 17.5. The second kappa shape index (κ2) is 15.3. The molecule has 66 heavy (non-hydrogen) atoms. The van der Waals surface area contributed by atoms with Gasteiger partial charge >= 0.3 is 0 Å². The largest absolute Gasteiger partial charge is 0.310 e. The minimum absolute atomic E-state index is 0.531. The highest BCUT2D eigenvalue weighted by Crippen LogP contribution is 2.57. The summed E-state index contributed by atoms with van der Waals surface area (Å²) in [6, 6.07) is 96.5. The molecule has 0 spiro atoms. The van der Waals surface area contributed by atoms with Crippen molar-refractivity contribution in [3.63, 3.8) is 0 Å². The Balaban J connectivity index is 1.08. The maximum absolute atomic E-state index is 2.50. The van der Waals surface area contributed by atoms with Gasteiger partial charge in [0.25, 0.3) is 0 Å². The number of benzene rings is 12. The first-order chi connectivity index (χ1) is 32.8. The fraction of sp³-hybridized carbons (Fsp3) is 0.0154. The molecule has 12 aromatic carbocycles. The van der Waals surface area contributed by atoms with Crippen molar-refractivity contribution in [2.75, 3.05) is 4.90 Å². The van der Waals surface area contributed by atoms with Gasteiger partial charge in [0.2, 0.25) is 0 Å². The Bertz CT molecular complexity index is 3760. The van der Waals surface area contributed by atoms with Crippen LogP contribution in [0, 0.1) is 0 Å². The average Bonchev–Trinajstić information content (AvgIpc) is 3.70. The van der Waals surface area contributed by atoms with E-state index in [0.717, 1.165) is 17.1 Å². The van der Waals surface area contributed by atoms with Gasteiger partial charge in [0.1, 0.15) is 0 Å². The molecule has 1 aliphatic carbocycles. The molecule has 308 valence electrons. The van der Waals surface area contributed by atoms with E-state index in [4.69, 9.17) is 0 Å². The van der Waals surface area contributed by atoms with Crippen LogP contribution in [0.1, 0.15) is 22.3 Å². The average molecular weight is 838 g/mol. The summed E-state index contributed by atoms with van der Waals surface area (Å²) in [5, 5.41) is 9.92. The first-order valence-corrected chi connectivity index (χ1v) is 22.9. The van der Waals surface area contributed by atoms with Crippen LogP contribution in [0.4, 0.5) is 17.1 Å². The quantitative estimate of drug-likeness (QED) is 0.145. The fourth-order valence-corrected chi connectivity index (χ4v) is 11.3. The molecule has 0 aliphatic heterocycles. The number of nitrogens with zero attached hydrogens (tertiary/aromatic N) is 1. The van der Waals surface area contributed by atoms with Crippen LogP contribution in [0.25, 0.3) is 76.5 Å². The SMILES string of the molecule is c1ccc(-c2c(-c3ccc(N(c4ccc5c(c4)C(c4ccccc4)(c4ccccc4)c4ccccc4-5)c4cc5ccccc5c5ccccc45)cc3)c3ccccc3c3ccccc23)cc1. The maximum Gasteiger partial charge on any atom is 0.0714 e. The summed E-state index contributed by atoms with van der Waals surface area (Å²) in [6.07, 6.45) is 0. The van der Waals surface area contributed by atoms with Crippen molar-refractivity contribution in [2.24, 2.45) is 0 Å². The van der Waals surface area contributed by atoms with Gasteiger partial charge in [0.15, 0.2) is 0 Å². The third-order valence-electron chi connectivity index (χ3n) is 14.1. The molecule has 0 heterocycles. The molecule has 0 unspecified atom stereocenters. The number of anilines is 3. The summed E-state index contributed by atoms with van der Waals surface area (Å²) in [5.41, 5.74) is 15.3. The van der Waals surface area contributed by atoms with E-state index in [2.05, 4.69) is 266 Å². The lowest BCUT2D eigenvalue weighted by atomic mass is 9.67. The number of hydrogen-bond donors (Lipinski definition) is 0. The monoisotopic (exact) mass is 837 g/mol. The number of fused-ring (bicyclic) bond motifs is 9. The fourth-order valence-electron chi connectivity index (χ4n) is 11.3. The molecule has 0 aromatic heterocycles. The Morgan fingerprint density at radius 1 is 0.273 bits per heavy atom. The molecule has 0 bridgehead atoms. The highest BCUT2D eigenvalue weighted by atomic mass is 15.1. The molecule has 0 fully saturated rings. The minimum atomic E-state index is -0.531. The molecule has 1 aliphatic rings. The predicted molar refractivity (Wildman–Crippen MR) is 279 cm³/mol. The number of rotatable bonds is 7. The van der Waals surface area contributed by atoms with Gasteiger partial charge < -0.3 is 4.90 Å². The van der Waals surface area contributed by atoms with Gasteiger partial charge in [0.05, 0.1) is 11.1 Å². The maximum atomic E-state index is 2.50. The molecule has 0 N–H and O–H groups in total. The second-order valence-electron chi connectivity index (χ2n) is 17.5. The van der Waals surface area contributed by atoms with E-state index < -0.39 is 5.41 Å². The standard InChI is InChI=1S/C65H43N/c1-4-20-44(21-5-1)63-58-33-16-13-29-53(58)54-30-14-17-34-59(54)64(63)45-36-38-49(39-37-45)66(62-42-46-22-10-11-27-51(46)52-28-12-15-32-57(52)62)50-40-41-56-55-31-18-19-35-60(55)65(61(56)43-50,47-23-6-2-7-24-47)48-25-8-3-9-26-48/h1-43H. The molecule has 0 atom stereocenters. The van der Waals surface area contributed by atoms with Crippen LogP contribution in [0.15, 0.2) is 261 Å². The van der Waals surface area contributed by atoms with Crippen molar-refractivity contribution in [2.45, 2.75) is 5.41 Å². The summed E-state index contributed by atoms with van der Waals surface area (Å²) >= 11 is 0. The van der Waals surface area contributed by atoms with Gasteiger partial charge in [0, 0.05) is 16.8 Å². The lowest BCUT2D eigenvalue weighted by Gasteiger charge is -2.35. The van der Waals surface area contributed by atoms with Gasteiger partial charge in [-0.2, -0.15) is 0 Å². The summed E-state index contributed by atoms with van der Waals surface area (Å²) in [4.78, 5) is 2.50. The Morgan fingerprint density at radius 2 is 0.712 bits per heavy atom. The Kier molecular flexibility index (Phi) is 8.82. The molecule has 1 heteroatoms. The lowest BCUT2D eigenvalue weighted by Crippen LogP contribution is -2.28. The molecule has 13 rings (SSSR count). The van der Waals surface area contributed by atoms with Crippen LogP contribution < -0.4 is 4.90 Å². The first-order valence-electron chi connectivity index (χ1n) is 22.9. The second-order valence-corrected chi connectivity index (χ2v) is 17.5. The van der Waals surface area contributed by atoms with Gasteiger partial charge in [-0.05, 0) is 124 Å². The van der Waals surface area contributed by atoms with E-state index in [0.29, 0.717) is 0 Å². The molecular formula is C65H43N. The van der Waals surface area contributed by atoms with Gasteiger partial charge in [-0.25, -0.2) is 0 Å². The van der Waals surface area contributed by atoms with E-state index in [9.17, 15) is 0 Å². The molecule has 12 aromatic rings. The third kappa shape index (κ3) is 5.73. The van der Waals surface area contributed by atoms with E-state index >= 15 is 0 Å². The van der Waals surface area contributed by atoms with Crippen LogP contribution >= 0.6 is 0 Å². The van der Waals surface area contributed by atoms with Gasteiger partial charge in [-0.3, -0.25) is 0 Å². The topological polar surface area (TPSA) is 3.24 Å². The zero-order valence-electron chi connectivity index (χ0n) is 36.3. The minimum Gasteiger partial charge on any atom is -0.310 e.